The predicted molar refractivity (Wildman–Crippen MR) is 62.0 cm³/mol. The number of amides is 2. The molecule has 5 heteroatoms. The van der Waals surface area contributed by atoms with Crippen LogP contribution in [-0.2, 0) is 9.59 Å². The van der Waals surface area contributed by atoms with Crippen molar-refractivity contribution in [1.29, 1.82) is 0 Å². The predicted octanol–water partition coefficient (Wildman–Crippen LogP) is -0.277. The lowest BCUT2D eigenvalue weighted by Crippen LogP contribution is -2.42. The zero-order valence-electron chi connectivity index (χ0n) is 10.1. The molecular weight excluding hydrogens is 206 g/mol. The molecule has 0 aliphatic carbocycles. The van der Waals surface area contributed by atoms with Gasteiger partial charge in [-0.15, -0.1) is 0 Å². The van der Waals surface area contributed by atoms with E-state index < -0.39 is 0 Å². The molecule has 1 aliphatic rings. The standard InChI is InChI=1S/C11H21N3O2/c1-3-6-13-10(15)8-14-7-5-9(11(14)16)12-4-2/h9,12H,3-8H2,1-2H3,(H,13,15). The van der Waals surface area contributed by atoms with Gasteiger partial charge in [-0.25, -0.2) is 0 Å². The number of likely N-dealkylation sites (tertiary alicyclic amines) is 1. The average Bonchev–Trinajstić information content (AvgIpc) is 2.59. The quantitative estimate of drug-likeness (QED) is 0.656. The van der Waals surface area contributed by atoms with Crippen molar-refractivity contribution in [2.75, 3.05) is 26.2 Å². The van der Waals surface area contributed by atoms with Crippen molar-refractivity contribution in [3.8, 4) is 0 Å². The molecule has 1 saturated heterocycles. The van der Waals surface area contributed by atoms with Crippen LogP contribution in [-0.4, -0.2) is 48.9 Å². The summed E-state index contributed by atoms with van der Waals surface area (Å²) in [4.78, 5) is 24.9. The van der Waals surface area contributed by atoms with Crippen molar-refractivity contribution in [2.24, 2.45) is 0 Å². The summed E-state index contributed by atoms with van der Waals surface area (Å²) in [5, 5.41) is 5.89. The molecule has 0 aromatic heterocycles. The number of likely N-dealkylation sites (N-methyl/N-ethyl adjacent to an activating group) is 1. The normalized spacial score (nSPS) is 20.2. The highest BCUT2D eigenvalue weighted by atomic mass is 16.2. The molecule has 0 bridgehead atoms. The van der Waals surface area contributed by atoms with E-state index in [2.05, 4.69) is 10.6 Å². The number of rotatable bonds is 6. The smallest absolute Gasteiger partial charge is 0.240 e. The second kappa shape index (κ2) is 6.48. The van der Waals surface area contributed by atoms with Crippen LogP contribution in [0, 0.1) is 0 Å². The molecule has 0 aromatic carbocycles. The average molecular weight is 227 g/mol. The molecule has 0 saturated carbocycles. The molecular formula is C11H21N3O2. The van der Waals surface area contributed by atoms with Gasteiger partial charge in [0.2, 0.25) is 11.8 Å². The second-order valence-electron chi connectivity index (χ2n) is 4.01. The van der Waals surface area contributed by atoms with Gasteiger partial charge in [0.05, 0.1) is 12.6 Å². The fourth-order valence-corrected chi connectivity index (χ4v) is 1.83. The Bertz CT molecular complexity index is 256. The maximum Gasteiger partial charge on any atom is 0.240 e. The summed E-state index contributed by atoms with van der Waals surface area (Å²) in [7, 11) is 0. The van der Waals surface area contributed by atoms with Crippen molar-refractivity contribution in [3.63, 3.8) is 0 Å². The first-order valence-electron chi connectivity index (χ1n) is 5.97. The molecule has 16 heavy (non-hydrogen) atoms. The SMILES string of the molecule is CCCNC(=O)CN1CCC(NCC)C1=O. The molecule has 0 radical (unpaired) electrons. The Hall–Kier alpha value is -1.10. The molecule has 0 spiro atoms. The third-order valence-corrected chi connectivity index (χ3v) is 2.65. The van der Waals surface area contributed by atoms with E-state index in [4.69, 9.17) is 0 Å². The maximum absolute atomic E-state index is 11.8. The molecule has 2 amide bonds. The van der Waals surface area contributed by atoms with Gasteiger partial charge in [-0.3, -0.25) is 9.59 Å². The minimum Gasteiger partial charge on any atom is -0.355 e. The van der Waals surface area contributed by atoms with E-state index in [1.165, 1.54) is 0 Å². The summed E-state index contributed by atoms with van der Waals surface area (Å²) in [5.74, 6) is -0.0131. The Kier molecular flexibility index (Phi) is 5.25. The maximum atomic E-state index is 11.8. The number of carbonyl (C=O) groups is 2. The molecule has 1 aliphatic heterocycles. The Morgan fingerprint density at radius 3 is 2.88 bits per heavy atom. The summed E-state index contributed by atoms with van der Waals surface area (Å²) in [5.41, 5.74) is 0. The zero-order chi connectivity index (χ0) is 12.0. The van der Waals surface area contributed by atoms with Gasteiger partial charge in [0.1, 0.15) is 0 Å². The molecule has 5 nitrogen and oxygen atoms in total. The molecule has 0 aromatic rings. The summed E-state index contributed by atoms with van der Waals surface area (Å²) < 4.78 is 0. The third-order valence-electron chi connectivity index (χ3n) is 2.65. The first kappa shape index (κ1) is 13.0. The lowest BCUT2D eigenvalue weighted by Gasteiger charge is -2.16. The number of carbonyl (C=O) groups excluding carboxylic acids is 2. The van der Waals surface area contributed by atoms with E-state index in [-0.39, 0.29) is 24.4 Å². The van der Waals surface area contributed by atoms with E-state index in [0.717, 1.165) is 19.4 Å². The van der Waals surface area contributed by atoms with Gasteiger partial charge >= 0.3 is 0 Å². The Labute approximate surface area is 96.6 Å². The Balaban J connectivity index is 2.33. The van der Waals surface area contributed by atoms with Crippen LogP contribution >= 0.6 is 0 Å². The Morgan fingerprint density at radius 1 is 1.50 bits per heavy atom. The van der Waals surface area contributed by atoms with Crippen molar-refractivity contribution >= 4 is 11.8 Å². The van der Waals surface area contributed by atoms with Crippen LogP contribution in [0.4, 0.5) is 0 Å². The summed E-state index contributed by atoms with van der Waals surface area (Å²) in [6.45, 7) is 6.31. The molecule has 1 unspecified atom stereocenters. The van der Waals surface area contributed by atoms with Gasteiger partial charge in [-0.2, -0.15) is 0 Å². The van der Waals surface area contributed by atoms with Crippen LogP contribution in [0.2, 0.25) is 0 Å². The number of nitrogens with zero attached hydrogens (tertiary/aromatic N) is 1. The van der Waals surface area contributed by atoms with Crippen molar-refractivity contribution < 1.29 is 9.59 Å². The van der Waals surface area contributed by atoms with E-state index in [9.17, 15) is 9.59 Å². The highest BCUT2D eigenvalue weighted by Gasteiger charge is 2.31. The molecule has 1 atom stereocenters. The van der Waals surface area contributed by atoms with Gasteiger partial charge < -0.3 is 15.5 Å². The van der Waals surface area contributed by atoms with Gasteiger partial charge in [0.25, 0.3) is 0 Å². The van der Waals surface area contributed by atoms with Gasteiger partial charge in [-0.1, -0.05) is 13.8 Å². The van der Waals surface area contributed by atoms with Crippen molar-refractivity contribution in [1.82, 2.24) is 15.5 Å². The molecule has 1 heterocycles. The van der Waals surface area contributed by atoms with Crippen LogP contribution in [0.15, 0.2) is 0 Å². The highest BCUT2D eigenvalue weighted by Crippen LogP contribution is 2.10. The number of hydrogen-bond acceptors (Lipinski definition) is 3. The molecule has 92 valence electrons. The highest BCUT2D eigenvalue weighted by molar-refractivity contribution is 5.89. The van der Waals surface area contributed by atoms with E-state index in [0.29, 0.717) is 13.1 Å². The minimum atomic E-state index is -0.0935. The number of nitrogens with one attached hydrogen (secondary N) is 2. The van der Waals surface area contributed by atoms with Crippen LogP contribution in [0.25, 0.3) is 0 Å². The fraction of sp³-hybridized carbons (Fsp3) is 0.818. The Morgan fingerprint density at radius 2 is 2.25 bits per heavy atom. The zero-order valence-corrected chi connectivity index (χ0v) is 10.1. The minimum absolute atomic E-state index is 0.0495. The summed E-state index contributed by atoms with van der Waals surface area (Å²) in [6, 6.07) is -0.0935. The van der Waals surface area contributed by atoms with Crippen LogP contribution in [0.3, 0.4) is 0 Å². The van der Waals surface area contributed by atoms with Gasteiger partial charge in [0, 0.05) is 13.1 Å². The van der Waals surface area contributed by atoms with Crippen LogP contribution in [0.5, 0.6) is 0 Å². The lowest BCUT2D eigenvalue weighted by atomic mass is 10.2. The third kappa shape index (κ3) is 3.48. The second-order valence-corrected chi connectivity index (χ2v) is 4.01. The van der Waals surface area contributed by atoms with E-state index >= 15 is 0 Å². The topological polar surface area (TPSA) is 61.4 Å². The van der Waals surface area contributed by atoms with Crippen LogP contribution in [0.1, 0.15) is 26.7 Å². The first-order chi connectivity index (χ1) is 7.69. The van der Waals surface area contributed by atoms with Gasteiger partial charge in [-0.05, 0) is 19.4 Å². The van der Waals surface area contributed by atoms with E-state index in [1.54, 1.807) is 4.90 Å². The van der Waals surface area contributed by atoms with Crippen LogP contribution < -0.4 is 10.6 Å². The van der Waals surface area contributed by atoms with E-state index in [1.807, 2.05) is 13.8 Å². The molecule has 1 fully saturated rings. The van der Waals surface area contributed by atoms with Crippen molar-refractivity contribution in [3.05, 3.63) is 0 Å². The summed E-state index contributed by atoms with van der Waals surface area (Å²) >= 11 is 0. The molecule has 1 rings (SSSR count). The number of hydrogen-bond donors (Lipinski definition) is 2. The largest absolute Gasteiger partial charge is 0.355 e. The monoisotopic (exact) mass is 227 g/mol. The van der Waals surface area contributed by atoms with Gasteiger partial charge in [0.15, 0.2) is 0 Å². The van der Waals surface area contributed by atoms with Crippen molar-refractivity contribution in [2.45, 2.75) is 32.7 Å². The first-order valence-corrected chi connectivity index (χ1v) is 5.97. The summed E-state index contributed by atoms with van der Waals surface area (Å²) in [6.07, 6.45) is 1.72. The fourth-order valence-electron chi connectivity index (χ4n) is 1.83. The molecule has 2 N–H and O–H groups in total. The lowest BCUT2D eigenvalue weighted by molar-refractivity contribution is -0.134.